The number of amides is 1. The zero-order valence-corrected chi connectivity index (χ0v) is 18.0. The molecule has 8 nitrogen and oxygen atoms in total. The molecule has 0 radical (unpaired) electrons. The van der Waals surface area contributed by atoms with Gasteiger partial charge >= 0.3 is 0 Å². The van der Waals surface area contributed by atoms with E-state index >= 15 is 0 Å². The monoisotopic (exact) mass is 419 g/mol. The van der Waals surface area contributed by atoms with Crippen LogP contribution in [0.4, 0.5) is 5.82 Å². The first-order chi connectivity index (χ1) is 15.2. The first-order valence-electron chi connectivity index (χ1n) is 11.2. The van der Waals surface area contributed by atoms with Gasteiger partial charge in [-0.25, -0.2) is 4.98 Å². The zero-order valence-electron chi connectivity index (χ0n) is 18.0. The van der Waals surface area contributed by atoms with E-state index in [4.69, 9.17) is 0 Å². The van der Waals surface area contributed by atoms with Gasteiger partial charge in [-0.15, -0.1) is 0 Å². The fourth-order valence-corrected chi connectivity index (χ4v) is 4.57. The van der Waals surface area contributed by atoms with Gasteiger partial charge in [-0.1, -0.05) is 6.42 Å². The predicted molar refractivity (Wildman–Crippen MR) is 121 cm³/mol. The maximum atomic E-state index is 12.4. The van der Waals surface area contributed by atoms with Crippen molar-refractivity contribution >= 4 is 22.5 Å². The molecule has 5 rings (SSSR count). The number of hydrogen-bond acceptors (Lipinski definition) is 6. The van der Waals surface area contributed by atoms with Crippen molar-refractivity contribution in [3.8, 4) is 11.3 Å². The molecule has 3 aromatic rings. The number of piperidine rings is 1. The van der Waals surface area contributed by atoms with Crippen molar-refractivity contribution in [2.45, 2.75) is 44.7 Å². The van der Waals surface area contributed by atoms with E-state index in [1.807, 2.05) is 30.2 Å². The summed E-state index contributed by atoms with van der Waals surface area (Å²) < 4.78 is 1.96. The van der Waals surface area contributed by atoms with Crippen LogP contribution >= 0.6 is 0 Å². The van der Waals surface area contributed by atoms with Crippen molar-refractivity contribution in [2.75, 3.05) is 25.0 Å². The minimum absolute atomic E-state index is 0.0188. The Bertz CT molecular complexity index is 1080. The van der Waals surface area contributed by atoms with Crippen LogP contribution in [0.15, 0.2) is 30.7 Å². The van der Waals surface area contributed by atoms with Crippen LogP contribution in [0.3, 0.4) is 0 Å². The Morgan fingerprint density at radius 3 is 2.74 bits per heavy atom. The van der Waals surface area contributed by atoms with E-state index in [9.17, 15) is 4.79 Å². The molecule has 2 saturated heterocycles. The second kappa shape index (κ2) is 8.72. The molecule has 31 heavy (non-hydrogen) atoms. The molecule has 1 atom stereocenters. The smallest absolute Gasteiger partial charge is 0.242 e. The third kappa shape index (κ3) is 4.31. The van der Waals surface area contributed by atoms with E-state index < -0.39 is 0 Å². The molecular formula is C23H29N7O. The fraction of sp³-hybridized carbons (Fsp3) is 0.478. The van der Waals surface area contributed by atoms with Gasteiger partial charge in [0.15, 0.2) is 0 Å². The van der Waals surface area contributed by atoms with Crippen LogP contribution in [0.5, 0.6) is 0 Å². The Morgan fingerprint density at radius 1 is 1.10 bits per heavy atom. The molecule has 0 unspecified atom stereocenters. The lowest BCUT2D eigenvalue weighted by Gasteiger charge is -2.26. The Kier molecular flexibility index (Phi) is 5.65. The largest absolute Gasteiger partial charge is 0.309 e. The number of fused-ring (bicyclic) bond motifs is 1. The number of carbonyl (C=O) groups excluding carboxylic acids is 1. The summed E-state index contributed by atoms with van der Waals surface area (Å²) in [5, 5.41) is 12.6. The second-order valence-corrected chi connectivity index (χ2v) is 8.59. The van der Waals surface area contributed by atoms with Gasteiger partial charge in [0.2, 0.25) is 5.91 Å². The van der Waals surface area contributed by atoms with Crippen molar-refractivity contribution in [2.24, 2.45) is 7.05 Å². The molecule has 3 aromatic heterocycles. The zero-order chi connectivity index (χ0) is 21.2. The van der Waals surface area contributed by atoms with Gasteiger partial charge in [0.1, 0.15) is 5.82 Å². The standard InChI is InChI=1S/C23H29N7O/c1-29-21(15-30-8-3-2-4-9-30)18(14-27-29)20-10-16-11-22(26-13-17(16)12-25-20)28-23(31)19-6-5-7-24-19/h10-14,19,24H,2-9,15H2,1H3,(H,26,28,31)/t19-/m1/s1. The van der Waals surface area contributed by atoms with Gasteiger partial charge in [0, 0.05) is 36.9 Å². The number of rotatable bonds is 5. The number of nitrogens with zero attached hydrogens (tertiary/aromatic N) is 5. The summed E-state index contributed by atoms with van der Waals surface area (Å²) in [7, 11) is 2.00. The number of hydrogen-bond donors (Lipinski definition) is 2. The van der Waals surface area contributed by atoms with Gasteiger partial charge in [-0.3, -0.25) is 19.4 Å². The summed E-state index contributed by atoms with van der Waals surface area (Å²) in [6.07, 6.45) is 11.3. The van der Waals surface area contributed by atoms with Crippen molar-refractivity contribution in [3.63, 3.8) is 0 Å². The molecule has 162 valence electrons. The van der Waals surface area contributed by atoms with Crippen LogP contribution in [-0.2, 0) is 18.4 Å². The summed E-state index contributed by atoms with van der Waals surface area (Å²) in [6, 6.07) is 3.86. The lowest BCUT2D eigenvalue weighted by atomic mass is 10.1. The average molecular weight is 420 g/mol. The number of anilines is 1. The normalized spacial score (nSPS) is 19.7. The molecule has 0 saturated carbocycles. The number of nitrogens with one attached hydrogen (secondary N) is 2. The quantitative estimate of drug-likeness (QED) is 0.661. The molecule has 2 aliphatic heterocycles. The molecule has 2 N–H and O–H groups in total. The Morgan fingerprint density at radius 2 is 1.94 bits per heavy atom. The molecular weight excluding hydrogens is 390 g/mol. The maximum absolute atomic E-state index is 12.4. The summed E-state index contributed by atoms with van der Waals surface area (Å²) in [4.78, 5) is 24.0. The average Bonchev–Trinajstić information content (AvgIpc) is 3.45. The molecule has 5 heterocycles. The van der Waals surface area contributed by atoms with Crippen LogP contribution < -0.4 is 10.6 Å². The van der Waals surface area contributed by atoms with E-state index in [2.05, 4.69) is 36.7 Å². The van der Waals surface area contributed by atoms with Crippen molar-refractivity contribution in [3.05, 3.63) is 36.4 Å². The Labute approximate surface area is 182 Å². The van der Waals surface area contributed by atoms with Crippen molar-refractivity contribution < 1.29 is 4.79 Å². The fourth-order valence-electron chi connectivity index (χ4n) is 4.57. The highest BCUT2D eigenvalue weighted by atomic mass is 16.2. The highest BCUT2D eigenvalue weighted by Crippen LogP contribution is 2.27. The minimum Gasteiger partial charge on any atom is -0.309 e. The van der Waals surface area contributed by atoms with E-state index in [1.54, 1.807) is 6.20 Å². The molecule has 2 aliphatic rings. The topological polar surface area (TPSA) is 88.0 Å². The molecule has 1 amide bonds. The van der Waals surface area contributed by atoms with Gasteiger partial charge < -0.3 is 10.6 Å². The third-order valence-corrected chi connectivity index (χ3v) is 6.39. The van der Waals surface area contributed by atoms with Crippen molar-refractivity contribution in [1.29, 1.82) is 0 Å². The van der Waals surface area contributed by atoms with Gasteiger partial charge in [-0.2, -0.15) is 5.10 Å². The highest BCUT2D eigenvalue weighted by Gasteiger charge is 2.22. The summed E-state index contributed by atoms with van der Waals surface area (Å²) in [5.41, 5.74) is 3.14. The van der Waals surface area contributed by atoms with Crippen molar-refractivity contribution in [1.82, 2.24) is 30.0 Å². The lowest BCUT2D eigenvalue weighted by molar-refractivity contribution is -0.117. The summed E-state index contributed by atoms with van der Waals surface area (Å²) in [6.45, 7) is 4.06. The van der Waals surface area contributed by atoms with Crippen LogP contribution in [0.25, 0.3) is 22.0 Å². The van der Waals surface area contributed by atoms with Crippen LogP contribution in [-0.4, -0.2) is 56.2 Å². The van der Waals surface area contributed by atoms with Gasteiger partial charge in [-0.05, 0) is 62.8 Å². The number of aryl methyl sites for hydroxylation is 1. The maximum Gasteiger partial charge on any atom is 0.242 e. The Balaban J connectivity index is 1.41. The first-order valence-corrected chi connectivity index (χ1v) is 11.2. The minimum atomic E-state index is -0.127. The number of carbonyl (C=O) groups is 1. The SMILES string of the molecule is Cn1ncc(-c2cc3cc(NC(=O)[C@H]4CCCN4)ncc3cn2)c1CN1CCCCC1. The Hall–Kier alpha value is -2.84. The van der Waals surface area contributed by atoms with E-state index in [0.29, 0.717) is 5.82 Å². The summed E-state index contributed by atoms with van der Waals surface area (Å²) >= 11 is 0. The third-order valence-electron chi connectivity index (χ3n) is 6.39. The van der Waals surface area contributed by atoms with E-state index in [1.165, 1.54) is 25.0 Å². The first kappa shape index (κ1) is 20.1. The number of likely N-dealkylation sites (tertiary alicyclic amines) is 1. The van der Waals surface area contributed by atoms with Crippen LogP contribution in [0, 0.1) is 0 Å². The highest BCUT2D eigenvalue weighted by molar-refractivity contribution is 5.96. The molecule has 0 bridgehead atoms. The summed E-state index contributed by atoms with van der Waals surface area (Å²) in [5.74, 6) is 0.554. The van der Waals surface area contributed by atoms with Gasteiger partial charge in [0.25, 0.3) is 0 Å². The van der Waals surface area contributed by atoms with E-state index in [0.717, 1.165) is 61.1 Å². The number of aromatic nitrogens is 4. The molecule has 2 fully saturated rings. The molecule has 0 spiro atoms. The van der Waals surface area contributed by atoms with Crippen LogP contribution in [0.2, 0.25) is 0 Å². The molecule has 0 aliphatic carbocycles. The van der Waals surface area contributed by atoms with Crippen LogP contribution in [0.1, 0.15) is 37.8 Å². The predicted octanol–water partition coefficient (Wildman–Crippen LogP) is 2.71. The van der Waals surface area contributed by atoms with E-state index in [-0.39, 0.29) is 11.9 Å². The second-order valence-electron chi connectivity index (χ2n) is 8.59. The molecule has 0 aromatic carbocycles. The molecule has 8 heteroatoms. The van der Waals surface area contributed by atoms with Gasteiger partial charge in [0.05, 0.1) is 23.6 Å². The number of pyridine rings is 2. The lowest BCUT2D eigenvalue weighted by Crippen LogP contribution is -2.35.